The van der Waals surface area contributed by atoms with Crippen LogP contribution in [0.25, 0.3) is 33.4 Å². The molecule has 3 N–H and O–H groups in total. The lowest BCUT2D eigenvalue weighted by atomic mass is 9.99. The fraction of sp³-hybridized carbons (Fsp3) is 0.273. The molecule has 5 heterocycles. The number of fused-ring (bicyclic) bond motifs is 2. The zero-order valence-electron chi connectivity index (χ0n) is 17.1. The van der Waals surface area contributed by atoms with Crippen LogP contribution in [0.1, 0.15) is 12.5 Å². The topological polar surface area (TPSA) is 115 Å². The Morgan fingerprint density at radius 2 is 2.22 bits per heavy atom. The van der Waals surface area contributed by atoms with Crippen LogP contribution in [0.15, 0.2) is 53.6 Å². The zero-order valence-corrected chi connectivity index (χ0v) is 17.1. The van der Waals surface area contributed by atoms with Gasteiger partial charge < -0.3 is 20.0 Å². The Balaban J connectivity index is 1.25. The van der Waals surface area contributed by atoms with Gasteiger partial charge in [-0.1, -0.05) is 6.07 Å². The van der Waals surface area contributed by atoms with Crippen LogP contribution in [0.4, 0.5) is 10.4 Å². The third-order valence-electron chi connectivity index (χ3n) is 6.21. The molecule has 0 saturated carbocycles. The van der Waals surface area contributed by atoms with Crippen molar-refractivity contribution in [2.24, 2.45) is 11.7 Å². The van der Waals surface area contributed by atoms with Crippen molar-refractivity contribution in [3.8, 4) is 11.3 Å². The molecule has 1 saturated heterocycles. The average molecular weight is 432 g/mol. The third-order valence-corrected chi connectivity index (χ3v) is 6.21. The second-order valence-corrected chi connectivity index (χ2v) is 8.05. The van der Waals surface area contributed by atoms with Crippen LogP contribution in [0.5, 0.6) is 0 Å². The number of nitrogens with one attached hydrogen (secondary N) is 1. The first-order chi connectivity index (χ1) is 15.7. The number of aromatic amines is 1. The van der Waals surface area contributed by atoms with Crippen LogP contribution in [0.3, 0.4) is 0 Å². The van der Waals surface area contributed by atoms with Gasteiger partial charge in [-0.15, -0.1) is 0 Å². The van der Waals surface area contributed by atoms with Gasteiger partial charge in [0.1, 0.15) is 17.5 Å². The van der Waals surface area contributed by atoms with E-state index in [2.05, 4.69) is 25.0 Å². The Bertz CT molecular complexity index is 1410. The molecule has 2 unspecified atom stereocenters. The largest absolute Gasteiger partial charge is 0.420 e. The summed E-state index contributed by atoms with van der Waals surface area (Å²) in [7, 11) is 0. The van der Waals surface area contributed by atoms with Crippen molar-refractivity contribution < 1.29 is 8.81 Å². The SMILES string of the molecule is NCC(C1CCN(c2nc3cccc(F)c3o2)C1)n1cc(-c2ncnc3[nH]ccc23)cn1. The van der Waals surface area contributed by atoms with Crippen molar-refractivity contribution in [2.45, 2.75) is 12.5 Å². The van der Waals surface area contributed by atoms with Gasteiger partial charge in [0.05, 0.1) is 17.9 Å². The summed E-state index contributed by atoms with van der Waals surface area (Å²) in [6.45, 7) is 1.92. The number of halogens is 1. The molecule has 6 rings (SSSR count). The third kappa shape index (κ3) is 3.02. The number of hydrogen-bond donors (Lipinski definition) is 2. The second-order valence-electron chi connectivity index (χ2n) is 8.05. The Morgan fingerprint density at radius 1 is 1.28 bits per heavy atom. The van der Waals surface area contributed by atoms with E-state index in [4.69, 9.17) is 10.2 Å². The molecule has 1 aromatic carbocycles. The first-order valence-electron chi connectivity index (χ1n) is 10.5. The standard InChI is InChI=1S/C22H21FN8O/c23-16-2-1-3-17-20(16)32-22(29-17)30-7-5-13(10-30)18(8-24)31-11-14(9-28-31)19-15-4-6-25-21(15)27-12-26-19/h1-4,6,9,11-13,18H,5,7-8,10,24H2,(H,25,26,27). The summed E-state index contributed by atoms with van der Waals surface area (Å²) in [5.41, 5.74) is 9.43. The van der Waals surface area contributed by atoms with Crippen molar-refractivity contribution in [2.75, 3.05) is 24.5 Å². The van der Waals surface area contributed by atoms with Gasteiger partial charge in [0.2, 0.25) is 0 Å². The molecule has 0 bridgehead atoms. The Hall–Kier alpha value is -3.79. The van der Waals surface area contributed by atoms with Crippen LogP contribution in [0, 0.1) is 11.7 Å². The number of rotatable bonds is 5. The Labute approximate surface area is 182 Å². The van der Waals surface area contributed by atoms with E-state index in [1.807, 2.05) is 34.2 Å². The normalized spacial score (nSPS) is 17.6. The summed E-state index contributed by atoms with van der Waals surface area (Å²) in [6, 6.07) is 7.18. The number of aromatic nitrogens is 6. The van der Waals surface area contributed by atoms with Gasteiger partial charge in [-0.2, -0.15) is 10.1 Å². The molecule has 2 atom stereocenters. The Kier molecular flexibility index (Phi) is 4.39. The van der Waals surface area contributed by atoms with Crippen molar-refractivity contribution in [1.29, 1.82) is 0 Å². The molecule has 9 nitrogen and oxygen atoms in total. The number of hydrogen-bond acceptors (Lipinski definition) is 7. The predicted octanol–water partition coefficient (Wildman–Crippen LogP) is 3.13. The van der Waals surface area contributed by atoms with Gasteiger partial charge in [-0.25, -0.2) is 14.4 Å². The summed E-state index contributed by atoms with van der Waals surface area (Å²) < 4.78 is 21.6. The van der Waals surface area contributed by atoms with Gasteiger partial charge in [0.25, 0.3) is 6.01 Å². The first kappa shape index (κ1) is 18.9. The van der Waals surface area contributed by atoms with Crippen LogP contribution in [-0.2, 0) is 0 Å². The molecule has 0 aliphatic carbocycles. The smallest absolute Gasteiger partial charge is 0.298 e. The van der Waals surface area contributed by atoms with E-state index < -0.39 is 5.82 Å². The number of nitrogens with two attached hydrogens (primary N) is 1. The van der Waals surface area contributed by atoms with Gasteiger partial charge in [-0.05, 0) is 24.6 Å². The monoisotopic (exact) mass is 432 g/mol. The van der Waals surface area contributed by atoms with E-state index in [9.17, 15) is 4.39 Å². The number of nitrogens with zero attached hydrogens (tertiary/aromatic N) is 6. The molecule has 5 aromatic rings. The summed E-state index contributed by atoms with van der Waals surface area (Å²) in [5.74, 6) is -0.146. The lowest BCUT2D eigenvalue weighted by molar-refractivity contribution is 0.334. The summed E-state index contributed by atoms with van der Waals surface area (Å²) >= 11 is 0. The highest BCUT2D eigenvalue weighted by Crippen LogP contribution is 2.33. The molecular formula is C22H21FN8O. The molecule has 4 aromatic heterocycles. The lowest BCUT2D eigenvalue weighted by Gasteiger charge is -2.22. The zero-order chi connectivity index (χ0) is 21.7. The Morgan fingerprint density at radius 3 is 3.09 bits per heavy atom. The van der Waals surface area contributed by atoms with E-state index in [0.717, 1.165) is 35.3 Å². The molecule has 1 aliphatic heterocycles. The highest BCUT2D eigenvalue weighted by molar-refractivity contribution is 5.90. The first-order valence-corrected chi connectivity index (χ1v) is 10.5. The van der Waals surface area contributed by atoms with E-state index in [1.54, 1.807) is 18.5 Å². The maximum absolute atomic E-state index is 14.0. The van der Waals surface area contributed by atoms with Crippen molar-refractivity contribution in [3.63, 3.8) is 0 Å². The fourth-order valence-electron chi connectivity index (χ4n) is 4.57. The molecule has 32 heavy (non-hydrogen) atoms. The number of benzene rings is 1. The van der Waals surface area contributed by atoms with E-state index in [1.165, 1.54) is 6.07 Å². The minimum Gasteiger partial charge on any atom is -0.420 e. The van der Waals surface area contributed by atoms with E-state index >= 15 is 0 Å². The van der Waals surface area contributed by atoms with Gasteiger partial charge >= 0.3 is 0 Å². The minimum atomic E-state index is -0.401. The van der Waals surface area contributed by atoms with Crippen LogP contribution >= 0.6 is 0 Å². The van der Waals surface area contributed by atoms with Gasteiger partial charge in [0, 0.05) is 48.9 Å². The summed E-state index contributed by atoms with van der Waals surface area (Å²) in [6.07, 6.45) is 8.11. The molecule has 0 spiro atoms. The quantitative estimate of drug-likeness (QED) is 0.438. The van der Waals surface area contributed by atoms with Crippen molar-refractivity contribution >= 4 is 28.1 Å². The average Bonchev–Trinajstić information content (AvgIpc) is 3.59. The van der Waals surface area contributed by atoms with Crippen LogP contribution in [-0.4, -0.2) is 49.4 Å². The second kappa shape index (κ2) is 7.41. The molecule has 1 fully saturated rings. The summed E-state index contributed by atoms with van der Waals surface area (Å²) in [4.78, 5) is 18.3. The molecular weight excluding hydrogens is 411 g/mol. The highest BCUT2D eigenvalue weighted by atomic mass is 19.1. The molecule has 162 valence electrons. The molecule has 0 amide bonds. The highest BCUT2D eigenvalue weighted by Gasteiger charge is 2.33. The van der Waals surface area contributed by atoms with E-state index in [0.29, 0.717) is 24.6 Å². The maximum Gasteiger partial charge on any atom is 0.298 e. The number of H-pyrrole nitrogens is 1. The lowest BCUT2D eigenvalue weighted by Crippen LogP contribution is -2.30. The number of anilines is 1. The van der Waals surface area contributed by atoms with E-state index in [-0.39, 0.29) is 17.5 Å². The maximum atomic E-state index is 14.0. The van der Waals surface area contributed by atoms with Crippen LogP contribution in [0.2, 0.25) is 0 Å². The molecule has 1 aliphatic rings. The predicted molar refractivity (Wildman–Crippen MR) is 117 cm³/mol. The number of oxazole rings is 1. The molecule has 0 radical (unpaired) electrons. The van der Waals surface area contributed by atoms with Gasteiger partial charge in [-0.3, -0.25) is 4.68 Å². The van der Waals surface area contributed by atoms with Crippen molar-refractivity contribution in [3.05, 3.63) is 55.0 Å². The molecule has 10 heteroatoms. The van der Waals surface area contributed by atoms with Crippen molar-refractivity contribution in [1.82, 2.24) is 29.7 Å². The minimum absolute atomic E-state index is 0.0124. The van der Waals surface area contributed by atoms with Crippen LogP contribution < -0.4 is 10.6 Å². The van der Waals surface area contributed by atoms with Gasteiger partial charge in [0.15, 0.2) is 11.4 Å². The summed E-state index contributed by atoms with van der Waals surface area (Å²) in [5, 5.41) is 5.55. The number of para-hydroxylation sites is 1. The fourth-order valence-corrected chi connectivity index (χ4v) is 4.57.